The zero-order valence-electron chi connectivity index (χ0n) is 12.5. The van der Waals surface area contributed by atoms with E-state index in [9.17, 15) is 4.79 Å². The third-order valence-corrected chi connectivity index (χ3v) is 3.88. The number of carbonyl (C=O) groups is 1. The third-order valence-electron chi connectivity index (χ3n) is 3.22. The monoisotopic (exact) mass is 362 g/mol. The molecule has 0 aliphatic carbocycles. The average molecular weight is 363 g/mol. The number of carbonyl (C=O) groups excluding carboxylic acids is 1. The Morgan fingerprint density at radius 2 is 1.95 bits per heavy atom. The summed E-state index contributed by atoms with van der Waals surface area (Å²) in [7, 11) is 1.82. The van der Waals surface area contributed by atoms with E-state index in [1.54, 1.807) is 17.3 Å². The molecule has 1 heterocycles. The average Bonchev–Trinajstić information content (AvgIpc) is 2.53. The standard InChI is InChI=1S/C17H19BrN2O2/c1-20(13-14-8-10-19-11-9-14)17(21)7-4-12-22-16-6-3-2-5-15(16)18/h2-3,5-6,8-11H,4,7,12-13H2,1H3. The zero-order valence-corrected chi connectivity index (χ0v) is 14.1. The lowest BCUT2D eigenvalue weighted by Gasteiger charge is -2.17. The SMILES string of the molecule is CN(Cc1ccncc1)C(=O)CCCOc1ccccc1Br. The Balaban J connectivity index is 1.70. The highest BCUT2D eigenvalue weighted by Crippen LogP contribution is 2.23. The molecule has 0 bridgehead atoms. The molecule has 0 N–H and O–H groups in total. The van der Waals surface area contributed by atoms with Crippen LogP contribution in [-0.2, 0) is 11.3 Å². The van der Waals surface area contributed by atoms with Crippen LogP contribution >= 0.6 is 15.9 Å². The summed E-state index contributed by atoms with van der Waals surface area (Å²) in [4.78, 5) is 17.8. The van der Waals surface area contributed by atoms with E-state index in [4.69, 9.17) is 4.74 Å². The summed E-state index contributed by atoms with van der Waals surface area (Å²) >= 11 is 3.43. The van der Waals surface area contributed by atoms with E-state index < -0.39 is 0 Å². The number of halogens is 1. The van der Waals surface area contributed by atoms with Crippen LogP contribution in [0, 0.1) is 0 Å². The van der Waals surface area contributed by atoms with E-state index in [1.165, 1.54) is 0 Å². The van der Waals surface area contributed by atoms with Crippen LogP contribution in [0.15, 0.2) is 53.3 Å². The van der Waals surface area contributed by atoms with Gasteiger partial charge in [0.2, 0.25) is 5.91 Å². The van der Waals surface area contributed by atoms with Crippen LogP contribution in [0.4, 0.5) is 0 Å². The van der Waals surface area contributed by atoms with Crippen LogP contribution in [0.1, 0.15) is 18.4 Å². The Morgan fingerprint density at radius 3 is 2.68 bits per heavy atom. The van der Waals surface area contributed by atoms with Crippen LogP contribution < -0.4 is 4.74 Å². The van der Waals surface area contributed by atoms with Gasteiger partial charge >= 0.3 is 0 Å². The van der Waals surface area contributed by atoms with Gasteiger partial charge in [0.1, 0.15) is 5.75 Å². The molecule has 0 fully saturated rings. The zero-order chi connectivity index (χ0) is 15.8. The molecule has 0 spiro atoms. The largest absolute Gasteiger partial charge is 0.492 e. The number of hydrogen-bond acceptors (Lipinski definition) is 3. The van der Waals surface area contributed by atoms with Gasteiger partial charge in [0.05, 0.1) is 11.1 Å². The number of ether oxygens (including phenoxy) is 1. The maximum atomic E-state index is 12.1. The molecular formula is C17H19BrN2O2. The summed E-state index contributed by atoms with van der Waals surface area (Å²) < 4.78 is 6.59. The van der Waals surface area contributed by atoms with Crippen molar-refractivity contribution in [2.24, 2.45) is 0 Å². The molecule has 0 radical (unpaired) electrons. The molecule has 1 aromatic carbocycles. The number of amides is 1. The molecule has 5 heteroatoms. The molecule has 1 amide bonds. The minimum Gasteiger partial charge on any atom is -0.492 e. The number of benzene rings is 1. The van der Waals surface area contributed by atoms with Gasteiger partial charge in [-0.25, -0.2) is 0 Å². The van der Waals surface area contributed by atoms with Crippen LogP contribution in [0.5, 0.6) is 5.75 Å². The van der Waals surface area contributed by atoms with Gasteiger partial charge in [-0.15, -0.1) is 0 Å². The van der Waals surface area contributed by atoms with E-state index in [2.05, 4.69) is 20.9 Å². The van der Waals surface area contributed by atoms with Gasteiger partial charge in [-0.2, -0.15) is 0 Å². The van der Waals surface area contributed by atoms with Crippen molar-refractivity contribution in [3.05, 3.63) is 58.8 Å². The van der Waals surface area contributed by atoms with Crippen molar-refractivity contribution in [3.63, 3.8) is 0 Å². The molecular weight excluding hydrogens is 344 g/mol. The van der Waals surface area contributed by atoms with Crippen molar-refractivity contribution in [1.29, 1.82) is 0 Å². The number of para-hydroxylation sites is 1. The minimum absolute atomic E-state index is 0.118. The molecule has 0 aliphatic rings. The van der Waals surface area contributed by atoms with E-state index in [1.807, 2.05) is 43.4 Å². The maximum absolute atomic E-state index is 12.1. The van der Waals surface area contributed by atoms with Crippen molar-refractivity contribution in [2.45, 2.75) is 19.4 Å². The van der Waals surface area contributed by atoms with E-state index >= 15 is 0 Å². The molecule has 0 aliphatic heterocycles. The Labute approximate surface area is 139 Å². The smallest absolute Gasteiger partial charge is 0.222 e. The number of pyridine rings is 1. The van der Waals surface area contributed by atoms with Gasteiger partial charge in [-0.1, -0.05) is 12.1 Å². The lowest BCUT2D eigenvalue weighted by Crippen LogP contribution is -2.26. The van der Waals surface area contributed by atoms with Crippen molar-refractivity contribution in [3.8, 4) is 5.75 Å². The Morgan fingerprint density at radius 1 is 1.23 bits per heavy atom. The first-order chi connectivity index (χ1) is 10.7. The second kappa shape index (κ2) is 8.54. The van der Waals surface area contributed by atoms with Gasteiger partial charge in [-0.3, -0.25) is 9.78 Å². The van der Waals surface area contributed by atoms with Crippen molar-refractivity contribution in [2.75, 3.05) is 13.7 Å². The van der Waals surface area contributed by atoms with Gasteiger partial charge in [-0.05, 0) is 52.2 Å². The predicted octanol–water partition coefficient (Wildman–Crippen LogP) is 3.66. The number of aromatic nitrogens is 1. The van der Waals surface area contributed by atoms with Crippen LogP contribution in [0.25, 0.3) is 0 Å². The number of hydrogen-bond donors (Lipinski definition) is 0. The molecule has 22 heavy (non-hydrogen) atoms. The summed E-state index contributed by atoms with van der Waals surface area (Å²) in [6, 6.07) is 11.5. The highest BCUT2D eigenvalue weighted by molar-refractivity contribution is 9.10. The van der Waals surface area contributed by atoms with Gasteiger partial charge in [0.25, 0.3) is 0 Å². The molecule has 1 aromatic heterocycles. The molecule has 2 aromatic rings. The second-order valence-corrected chi connectivity index (χ2v) is 5.84. The first-order valence-corrected chi connectivity index (χ1v) is 7.96. The van der Waals surface area contributed by atoms with Crippen molar-refractivity contribution >= 4 is 21.8 Å². The molecule has 0 saturated carbocycles. The fraction of sp³-hybridized carbons (Fsp3) is 0.294. The fourth-order valence-corrected chi connectivity index (χ4v) is 2.41. The summed E-state index contributed by atoms with van der Waals surface area (Å²) in [5.41, 5.74) is 1.08. The lowest BCUT2D eigenvalue weighted by atomic mass is 10.2. The van der Waals surface area contributed by atoms with Crippen LogP contribution in [-0.4, -0.2) is 29.4 Å². The second-order valence-electron chi connectivity index (χ2n) is 4.99. The molecule has 0 saturated heterocycles. The minimum atomic E-state index is 0.118. The van der Waals surface area contributed by atoms with Crippen molar-refractivity contribution < 1.29 is 9.53 Å². The molecule has 2 rings (SSSR count). The molecule has 0 unspecified atom stereocenters. The molecule has 116 valence electrons. The summed E-state index contributed by atoms with van der Waals surface area (Å²) in [6.45, 7) is 1.13. The lowest BCUT2D eigenvalue weighted by molar-refractivity contribution is -0.130. The van der Waals surface area contributed by atoms with E-state index in [-0.39, 0.29) is 5.91 Å². The van der Waals surface area contributed by atoms with E-state index in [0.29, 0.717) is 26.0 Å². The topological polar surface area (TPSA) is 42.4 Å². The summed E-state index contributed by atoms with van der Waals surface area (Å²) in [6.07, 6.45) is 4.64. The first kappa shape index (κ1) is 16.5. The van der Waals surface area contributed by atoms with Crippen molar-refractivity contribution in [1.82, 2.24) is 9.88 Å². The third kappa shape index (κ3) is 5.15. The number of nitrogens with zero attached hydrogens (tertiary/aromatic N) is 2. The fourth-order valence-electron chi connectivity index (χ4n) is 2.01. The van der Waals surface area contributed by atoms with Gasteiger partial charge in [0.15, 0.2) is 0 Å². The van der Waals surface area contributed by atoms with Gasteiger partial charge < -0.3 is 9.64 Å². The van der Waals surface area contributed by atoms with Crippen LogP contribution in [0.3, 0.4) is 0 Å². The number of rotatable bonds is 7. The first-order valence-electron chi connectivity index (χ1n) is 7.17. The Kier molecular flexibility index (Phi) is 6.40. The quantitative estimate of drug-likeness (QED) is 0.705. The maximum Gasteiger partial charge on any atom is 0.222 e. The van der Waals surface area contributed by atoms with Crippen LogP contribution in [0.2, 0.25) is 0 Å². The highest BCUT2D eigenvalue weighted by atomic mass is 79.9. The highest BCUT2D eigenvalue weighted by Gasteiger charge is 2.09. The van der Waals surface area contributed by atoms with Gasteiger partial charge in [0, 0.05) is 32.4 Å². The molecule has 4 nitrogen and oxygen atoms in total. The summed E-state index contributed by atoms with van der Waals surface area (Å²) in [5, 5.41) is 0. The Bertz CT molecular complexity index is 605. The molecule has 0 atom stereocenters. The normalized spacial score (nSPS) is 10.3. The summed E-state index contributed by atoms with van der Waals surface area (Å²) in [5.74, 6) is 0.924. The Hall–Kier alpha value is -1.88. The predicted molar refractivity (Wildman–Crippen MR) is 89.6 cm³/mol. The van der Waals surface area contributed by atoms with E-state index in [0.717, 1.165) is 15.8 Å².